The fraction of sp³-hybridized carbons (Fsp3) is 0.471. The molecule has 0 aliphatic heterocycles. The van der Waals surface area contributed by atoms with E-state index < -0.39 is 11.9 Å². The highest BCUT2D eigenvalue weighted by atomic mass is 32.1. The van der Waals surface area contributed by atoms with E-state index in [1.54, 1.807) is 0 Å². The minimum absolute atomic E-state index is 0.215. The van der Waals surface area contributed by atoms with E-state index in [9.17, 15) is 9.59 Å². The number of methoxy groups -OCH3 is 2. The Bertz CT molecular complexity index is 550. The van der Waals surface area contributed by atoms with Gasteiger partial charge in [0, 0.05) is 5.69 Å². The second-order valence-corrected chi connectivity index (χ2v) is 5.99. The lowest BCUT2D eigenvalue weighted by molar-refractivity contribution is 0.0599. The molecule has 6 nitrogen and oxygen atoms in total. The van der Waals surface area contributed by atoms with Crippen molar-refractivity contribution in [2.75, 3.05) is 39.2 Å². The molecule has 0 fully saturated rings. The Hall–Kier alpha value is -1.64. The van der Waals surface area contributed by atoms with E-state index in [0.717, 1.165) is 0 Å². The number of anilines is 1. The quantitative estimate of drug-likeness (QED) is 0.442. The molecule has 0 bridgehead atoms. The van der Waals surface area contributed by atoms with Crippen molar-refractivity contribution >= 4 is 46.8 Å². The molecule has 1 N–H and O–H groups in total. The summed E-state index contributed by atoms with van der Waals surface area (Å²) in [6.07, 6.45) is 0. The standard InChI is InChI=1S/C11H11NO4S2.C6H15N/c1-15-9(13)6-3-7(10(14)16-2)5-8(4-6)12-11(17)18;1-4-7(5-2)6-3/h3-5H,1-2H3,(H2,12,17,18);4-6H2,1-3H3. The Kier molecular flexibility index (Phi) is 11.9. The van der Waals surface area contributed by atoms with Crippen LogP contribution in [-0.2, 0) is 9.47 Å². The Morgan fingerprint density at radius 2 is 1.40 bits per heavy atom. The molecule has 0 spiro atoms. The fourth-order valence-corrected chi connectivity index (χ4v) is 2.21. The topological polar surface area (TPSA) is 67.9 Å². The van der Waals surface area contributed by atoms with Crippen LogP contribution < -0.4 is 5.32 Å². The van der Waals surface area contributed by atoms with E-state index >= 15 is 0 Å². The lowest BCUT2D eigenvalue weighted by Gasteiger charge is -2.13. The number of carbonyl (C=O) groups is 2. The number of carbonyl (C=O) groups excluding carboxylic acids is 2. The molecule has 140 valence electrons. The van der Waals surface area contributed by atoms with Crippen molar-refractivity contribution in [3.63, 3.8) is 0 Å². The lowest BCUT2D eigenvalue weighted by Crippen LogP contribution is -2.21. The molecule has 1 aromatic rings. The monoisotopic (exact) mass is 386 g/mol. The first-order chi connectivity index (χ1) is 11.8. The van der Waals surface area contributed by atoms with Crippen molar-refractivity contribution in [3.05, 3.63) is 29.3 Å². The molecule has 0 aliphatic rings. The van der Waals surface area contributed by atoms with Gasteiger partial charge in [-0.25, -0.2) is 9.59 Å². The molecule has 0 heterocycles. The number of ether oxygens (including phenoxy) is 2. The summed E-state index contributed by atoms with van der Waals surface area (Å²) in [6.45, 7) is 10.1. The van der Waals surface area contributed by atoms with Gasteiger partial charge in [0.15, 0.2) is 0 Å². The summed E-state index contributed by atoms with van der Waals surface area (Å²) in [5, 5.41) is 2.72. The van der Waals surface area contributed by atoms with Gasteiger partial charge in [0.25, 0.3) is 0 Å². The number of nitrogens with one attached hydrogen (secondary N) is 1. The number of rotatable bonds is 6. The van der Waals surface area contributed by atoms with Gasteiger partial charge in [-0.1, -0.05) is 33.0 Å². The van der Waals surface area contributed by atoms with E-state index in [-0.39, 0.29) is 15.4 Å². The predicted molar refractivity (Wildman–Crippen MR) is 108 cm³/mol. The third-order valence-electron chi connectivity index (χ3n) is 3.37. The van der Waals surface area contributed by atoms with Gasteiger partial charge in [-0.3, -0.25) is 0 Å². The highest BCUT2D eigenvalue weighted by molar-refractivity contribution is 8.11. The fourth-order valence-electron chi connectivity index (χ4n) is 1.97. The third-order valence-corrected chi connectivity index (χ3v) is 3.58. The van der Waals surface area contributed by atoms with Crippen LogP contribution in [0.5, 0.6) is 0 Å². The average Bonchev–Trinajstić information content (AvgIpc) is 2.61. The van der Waals surface area contributed by atoms with Gasteiger partial charge in [-0.05, 0) is 37.8 Å². The molecular formula is C17H26N2O4S2. The van der Waals surface area contributed by atoms with E-state index in [4.69, 9.17) is 12.2 Å². The molecule has 0 saturated carbocycles. The third kappa shape index (κ3) is 8.85. The average molecular weight is 387 g/mol. The zero-order valence-corrected chi connectivity index (χ0v) is 17.0. The SMILES string of the molecule is CCN(CC)CC.COC(=O)c1cc(NC(=S)S)cc(C(=O)OC)c1. The summed E-state index contributed by atoms with van der Waals surface area (Å²) in [6, 6.07) is 4.38. The zero-order valence-electron chi connectivity index (χ0n) is 15.3. The minimum Gasteiger partial charge on any atom is -0.465 e. The maximum atomic E-state index is 11.5. The number of thiocarbonyl (C=S) groups is 1. The molecule has 0 aliphatic carbocycles. The largest absolute Gasteiger partial charge is 0.465 e. The number of esters is 2. The highest BCUT2D eigenvalue weighted by Gasteiger charge is 2.13. The molecular weight excluding hydrogens is 360 g/mol. The van der Waals surface area contributed by atoms with Crippen molar-refractivity contribution in [2.45, 2.75) is 20.8 Å². The maximum absolute atomic E-state index is 11.5. The van der Waals surface area contributed by atoms with Gasteiger partial charge < -0.3 is 19.7 Å². The second-order valence-electron chi connectivity index (χ2n) is 4.83. The van der Waals surface area contributed by atoms with Crippen LogP contribution >= 0.6 is 24.8 Å². The summed E-state index contributed by atoms with van der Waals surface area (Å²) in [5.41, 5.74) is 0.887. The number of hydrogen-bond donors (Lipinski definition) is 2. The summed E-state index contributed by atoms with van der Waals surface area (Å²) in [4.78, 5) is 25.3. The summed E-state index contributed by atoms with van der Waals surface area (Å²) in [7, 11) is 2.51. The van der Waals surface area contributed by atoms with Crippen molar-refractivity contribution in [3.8, 4) is 0 Å². The van der Waals surface area contributed by atoms with E-state index in [1.165, 1.54) is 52.1 Å². The Morgan fingerprint density at radius 1 is 1.00 bits per heavy atom. The number of thiol groups is 1. The normalized spacial score (nSPS) is 9.72. The van der Waals surface area contributed by atoms with E-state index in [1.807, 2.05) is 0 Å². The molecule has 0 amide bonds. The van der Waals surface area contributed by atoms with Crippen LogP contribution in [0.3, 0.4) is 0 Å². The van der Waals surface area contributed by atoms with Crippen molar-refractivity contribution < 1.29 is 19.1 Å². The summed E-state index contributed by atoms with van der Waals surface area (Å²) in [5.74, 6) is -1.12. The lowest BCUT2D eigenvalue weighted by atomic mass is 10.1. The predicted octanol–water partition coefficient (Wildman–Crippen LogP) is 3.23. The molecule has 0 aromatic heterocycles. The zero-order chi connectivity index (χ0) is 19.4. The Morgan fingerprint density at radius 3 is 1.64 bits per heavy atom. The summed E-state index contributed by atoms with van der Waals surface area (Å²) < 4.78 is 9.40. The van der Waals surface area contributed by atoms with Crippen molar-refractivity contribution in [1.29, 1.82) is 0 Å². The minimum atomic E-state index is -0.561. The van der Waals surface area contributed by atoms with Crippen molar-refractivity contribution in [1.82, 2.24) is 4.90 Å². The van der Waals surface area contributed by atoms with E-state index in [0.29, 0.717) is 5.69 Å². The van der Waals surface area contributed by atoms with Crippen molar-refractivity contribution in [2.24, 2.45) is 0 Å². The smallest absolute Gasteiger partial charge is 0.337 e. The van der Waals surface area contributed by atoms with Gasteiger partial charge in [-0.15, -0.1) is 12.6 Å². The van der Waals surface area contributed by atoms with Gasteiger partial charge >= 0.3 is 11.9 Å². The molecule has 0 unspecified atom stereocenters. The van der Waals surface area contributed by atoms with Crippen LogP contribution in [0.4, 0.5) is 5.69 Å². The maximum Gasteiger partial charge on any atom is 0.337 e. The van der Waals surface area contributed by atoms with Gasteiger partial charge in [0.1, 0.15) is 4.32 Å². The molecule has 1 aromatic carbocycles. The Labute approximate surface area is 160 Å². The first-order valence-corrected chi connectivity index (χ1v) is 8.72. The highest BCUT2D eigenvalue weighted by Crippen LogP contribution is 2.17. The summed E-state index contributed by atoms with van der Waals surface area (Å²) >= 11 is 8.69. The first kappa shape index (κ1) is 23.4. The molecule has 8 heteroatoms. The van der Waals surface area contributed by atoms with E-state index in [2.05, 4.69) is 53.1 Å². The number of hydrogen-bond acceptors (Lipinski definition) is 6. The van der Waals surface area contributed by atoms with Crippen LogP contribution in [0.1, 0.15) is 41.5 Å². The molecule has 0 atom stereocenters. The van der Waals surface area contributed by atoms with Crippen LogP contribution in [0, 0.1) is 0 Å². The molecule has 0 radical (unpaired) electrons. The van der Waals surface area contributed by atoms with Crippen LogP contribution in [0.2, 0.25) is 0 Å². The molecule has 25 heavy (non-hydrogen) atoms. The number of nitrogens with zero attached hydrogens (tertiary/aromatic N) is 1. The second kappa shape index (κ2) is 12.7. The van der Waals surface area contributed by atoms with Gasteiger partial charge in [0.05, 0.1) is 25.3 Å². The van der Waals surface area contributed by atoms with Crippen LogP contribution in [-0.4, -0.2) is 55.0 Å². The van der Waals surface area contributed by atoms with Gasteiger partial charge in [0.2, 0.25) is 0 Å². The van der Waals surface area contributed by atoms with Gasteiger partial charge in [-0.2, -0.15) is 0 Å². The first-order valence-electron chi connectivity index (χ1n) is 7.86. The van der Waals surface area contributed by atoms with Crippen LogP contribution in [0.25, 0.3) is 0 Å². The number of benzene rings is 1. The molecule has 0 saturated heterocycles. The van der Waals surface area contributed by atoms with Crippen LogP contribution in [0.15, 0.2) is 18.2 Å². The molecule has 1 rings (SSSR count). The Balaban J connectivity index is 0.000000697.